The smallest absolute Gasteiger partial charge is 0.264 e. The first-order valence-corrected chi connectivity index (χ1v) is 14.5. The van der Waals surface area contributed by atoms with E-state index in [1.807, 2.05) is 13.8 Å². The molecule has 0 saturated heterocycles. The highest BCUT2D eigenvalue weighted by atomic mass is 32.2. The summed E-state index contributed by atoms with van der Waals surface area (Å²) in [5, 5.41) is 2.83. The summed E-state index contributed by atoms with van der Waals surface area (Å²) < 4.78 is 53.3. The molecule has 0 aliphatic rings. The van der Waals surface area contributed by atoms with Crippen molar-refractivity contribution >= 4 is 27.5 Å². The molecule has 11 heteroatoms. The number of nitrogens with zero attached hydrogens (tertiary/aromatic N) is 2. The molecule has 220 valence electrons. The Morgan fingerprint density at radius 1 is 0.927 bits per heavy atom. The van der Waals surface area contributed by atoms with Gasteiger partial charge in [-0.05, 0) is 54.8 Å². The number of carbonyl (C=O) groups excluding carboxylic acids is 2. The minimum atomic E-state index is -4.29. The summed E-state index contributed by atoms with van der Waals surface area (Å²) >= 11 is 0. The summed E-state index contributed by atoms with van der Waals surface area (Å²) in [6, 6.07) is 16.9. The quantitative estimate of drug-likeness (QED) is 0.322. The number of methoxy groups -OCH3 is 2. The molecule has 3 rings (SSSR count). The van der Waals surface area contributed by atoms with Crippen molar-refractivity contribution in [3.63, 3.8) is 0 Å². The number of hydrogen-bond donors (Lipinski definition) is 1. The zero-order valence-corrected chi connectivity index (χ0v) is 24.7. The summed E-state index contributed by atoms with van der Waals surface area (Å²) in [5.41, 5.74) is 0.655. The van der Waals surface area contributed by atoms with Crippen LogP contribution in [0.3, 0.4) is 0 Å². The Hall–Kier alpha value is -4.12. The Bertz CT molecular complexity index is 1430. The zero-order valence-electron chi connectivity index (χ0n) is 23.8. The van der Waals surface area contributed by atoms with E-state index in [1.165, 1.54) is 61.6 Å². The normalized spacial score (nSPS) is 12.0. The lowest BCUT2D eigenvalue weighted by Gasteiger charge is -2.32. The summed E-state index contributed by atoms with van der Waals surface area (Å²) in [7, 11) is -1.46. The van der Waals surface area contributed by atoms with Crippen LogP contribution in [0.15, 0.2) is 77.7 Å². The SMILES string of the molecule is COc1ccc(OC)c(N(CC(=O)N(Cc2ccc(F)cc2)[C@H](C)C(=O)NCC(C)C)S(=O)(=O)c2ccccc2)c1. The highest BCUT2D eigenvalue weighted by molar-refractivity contribution is 7.92. The van der Waals surface area contributed by atoms with E-state index in [2.05, 4.69) is 5.32 Å². The van der Waals surface area contributed by atoms with Gasteiger partial charge in [0.05, 0.1) is 24.8 Å². The van der Waals surface area contributed by atoms with Crippen molar-refractivity contribution < 1.29 is 31.9 Å². The molecule has 0 fully saturated rings. The molecule has 0 aromatic heterocycles. The lowest BCUT2D eigenvalue weighted by molar-refractivity contribution is -0.139. The molecule has 0 bridgehead atoms. The maximum Gasteiger partial charge on any atom is 0.264 e. The second-order valence-corrected chi connectivity index (χ2v) is 11.7. The highest BCUT2D eigenvalue weighted by Crippen LogP contribution is 2.36. The number of hydrogen-bond acceptors (Lipinski definition) is 6. The molecule has 1 atom stereocenters. The van der Waals surface area contributed by atoms with Crippen molar-refractivity contribution in [1.29, 1.82) is 0 Å². The van der Waals surface area contributed by atoms with Crippen LogP contribution in [0.25, 0.3) is 0 Å². The van der Waals surface area contributed by atoms with Crippen LogP contribution in [-0.2, 0) is 26.2 Å². The number of benzene rings is 3. The molecule has 41 heavy (non-hydrogen) atoms. The van der Waals surface area contributed by atoms with Crippen molar-refractivity contribution in [1.82, 2.24) is 10.2 Å². The third-order valence-electron chi connectivity index (χ3n) is 6.38. The van der Waals surface area contributed by atoms with Crippen molar-refractivity contribution in [2.24, 2.45) is 5.92 Å². The van der Waals surface area contributed by atoms with Gasteiger partial charge in [0, 0.05) is 19.2 Å². The molecule has 0 spiro atoms. The van der Waals surface area contributed by atoms with E-state index in [0.717, 1.165) is 4.31 Å². The number of carbonyl (C=O) groups is 2. The third kappa shape index (κ3) is 7.97. The number of rotatable bonds is 13. The van der Waals surface area contributed by atoms with Crippen LogP contribution in [0, 0.1) is 11.7 Å². The maximum absolute atomic E-state index is 14.0. The van der Waals surface area contributed by atoms with Gasteiger partial charge in [-0.1, -0.05) is 44.2 Å². The molecule has 3 aromatic rings. The van der Waals surface area contributed by atoms with Gasteiger partial charge in [-0.25, -0.2) is 12.8 Å². The molecule has 0 radical (unpaired) electrons. The monoisotopic (exact) mass is 585 g/mol. The zero-order chi connectivity index (χ0) is 30.2. The van der Waals surface area contributed by atoms with Gasteiger partial charge in [-0.15, -0.1) is 0 Å². The molecule has 3 aromatic carbocycles. The van der Waals surface area contributed by atoms with Crippen LogP contribution in [0.5, 0.6) is 11.5 Å². The van der Waals surface area contributed by atoms with Crippen LogP contribution in [0.2, 0.25) is 0 Å². The van der Waals surface area contributed by atoms with Crippen molar-refractivity contribution in [2.45, 2.75) is 38.3 Å². The first-order chi connectivity index (χ1) is 19.5. The van der Waals surface area contributed by atoms with E-state index in [4.69, 9.17) is 9.47 Å². The number of sulfonamides is 1. The van der Waals surface area contributed by atoms with Gasteiger partial charge in [0.1, 0.15) is 29.9 Å². The van der Waals surface area contributed by atoms with Crippen molar-refractivity contribution in [3.8, 4) is 11.5 Å². The van der Waals surface area contributed by atoms with Crippen LogP contribution in [-0.4, -0.2) is 58.5 Å². The molecule has 0 aliphatic heterocycles. The van der Waals surface area contributed by atoms with Crippen molar-refractivity contribution in [3.05, 3.63) is 84.2 Å². The molecule has 0 saturated carbocycles. The summed E-state index contributed by atoms with van der Waals surface area (Å²) in [5.74, 6) is -0.757. The summed E-state index contributed by atoms with van der Waals surface area (Å²) in [6.07, 6.45) is 0. The molecule has 0 heterocycles. The lowest BCUT2D eigenvalue weighted by Crippen LogP contribution is -2.51. The van der Waals surface area contributed by atoms with E-state index >= 15 is 0 Å². The van der Waals surface area contributed by atoms with E-state index in [9.17, 15) is 22.4 Å². The largest absolute Gasteiger partial charge is 0.497 e. The number of anilines is 1. The first kappa shape index (κ1) is 31.4. The van der Waals surface area contributed by atoms with Gasteiger partial charge >= 0.3 is 0 Å². The average Bonchev–Trinajstić information content (AvgIpc) is 2.97. The molecule has 1 N–H and O–H groups in total. The molecule has 0 aliphatic carbocycles. The number of amides is 2. The fourth-order valence-electron chi connectivity index (χ4n) is 4.05. The Morgan fingerprint density at radius 2 is 1.59 bits per heavy atom. The molecular weight excluding hydrogens is 549 g/mol. The van der Waals surface area contributed by atoms with E-state index in [-0.39, 0.29) is 28.8 Å². The van der Waals surface area contributed by atoms with Crippen LogP contribution in [0.1, 0.15) is 26.3 Å². The van der Waals surface area contributed by atoms with Crippen LogP contribution in [0.4, 0.5) is 10.1 Å². The Labute approximate surface area is 240 Å². The van der Waals surface area contributed by atoms with Gasteiger partial charge in [-0.3, -0.25) is 13.9 Å². The molecular formula is C30H36FN3O6S. The second-order valence-electron chi connectivity index (χ2n) is 9.83. The highest BCUT2D eigenvalue weighted by Gasteiger charge is 2.34. The second kappa shape index (κ2) is 14.0. The predicted octanol–water partition coefficient (Wildman–Crippen LogP) is 4.23. The van der Waals surface area contributed by atoms with Crippen molar-refractivity contribution in [2.75, 3.05) is 31.6 Å². The number of halogens is 1. The Kier molecular flexibility index (Phi) is 10.7. The van der Waals surface area contributed by atoms with E-state index in [0.29, 0.717) is 17.9 Å². The summed E-state index contributed by atoms with van der Waals surface area (Å²) in [6.45, 7) is 5.16. The van der Waals surface area contributed by atoms with Crippen LogP contribution < -0.4 is 19.1 Å². The molecule has 0 unspecified atom stereocenters. The first-order valence-electron chi connectivity index (χ1n) is 13.1. The predicted molar refractivity (Wildman–Crippen MR) is 155 cm³/mol. The maximum atomic E-state index is 14.0. The molecule has 2 amide bonds. The molecule has 9 nitrogen and oxygen atoms in total. The topological polar surface area (TPSA) is 105 Å². The van der Waals surface area contributed by atoms with Crippen LogP contribution >= 0.6 is 0 Å². The average molecular weight is 586 g/mol. The fraction of sp³-hybridized carbons (Fsp3) is 0.333. The van der Waals surface area contributed by atoms with Gasteiger partial charge in [-0.2, -0.15) is 0 Å². The van der Waals surface area contributed by atoms with E-state index < -0.39 is 40.2 Å². The van der Waals surface area contributed by atoms with Gasteiger partial charge in [0.2, 0.25) is 11.8 Å². The van der Waals surface area contributed by atoms with Gasteiger partial charge in [0.25, 0.3) is 10.0 Å². The number of ether oxygens (including phenoxy) is 2. The van der Waals surface area contributed by atoms with Gasteiger partial charge < -0.3 is 19.7 Å². The Balaban J connectivity index is 2.08. The summed E-state index contributed by atoms with van der Waals surface area (Å²) in [4.78, 5) is 28.3. The third-order valence-corrected chi connectivity index (χ3v) is 8.16. The minimum absolute atomic E-state index is 0.0366. The standard InChI is InChI=1S/C30H36FN3O6S/c1-21(2)18-32-30(36)22(3)33(19-23-11-13-24(31)14-12-23)29(35)20-34(41(37,38)26-9-7-6-8-10-26)27-17-25(39-4)15-16-28(27)40-5/h6-17,21-22H,18-20H2,1-5H3,(H,32,36)/t22-/m1/s1. The Morgan fingerprint density at radius 3 is 2.17 bits per heavy atom. The van der Waals surface area contributed by atoms with E-state index in [1.54, 1.807) is 37.3 Å². The fourth-order valence-corrected chi connectivity index (χ4v) is 5.48. The number of nitrogens with one attached hydrogen (secondary N) is 1. The van der Waals surface area contributed by atoms with Gasteiger partial charge in [0.15, 0.2) is 0 Å². The lowest BCUT2D eigenvalue weighted by atomic mass is 10.1. The minimum Gasteiger partial charge on any atom is -0.497 e.